The minimum absolute atomic E-state index is 0.0795. The number of hydrogen-bond donors (Lipinski definition) is 1. The summed E-state index contributed by atoms with van der Waals surface area (Å²) in [7, 11) is 0. The number of anilines is 1. The Morgan fingerprint density at radius 1 is 1.24 bits per heavy atom. The van der Waals surface area contributed by atoms with Gasteiger partial charge in [-0.25, -0.2) is 0 Å². The molecule has 5 nitrogen and oxygen atoms in total. The molecule has 2 aromatic rings. The van der Waals surface area contributed by atoms with Crippen LogP contribution in [-0.2, 0) is 6.54 Å². The van der Waals surface area contributed by atoms with E-state index in [4.69, 9.17) is 5.26 Å². The number of nitriles is 1. The van der Waals surface area contributed by atoms with Crippen molar-refractivity contribution in [3.63, 3.8) is 0 Å². The molecule has 5 heteroatoms. The first-order valence-electron chi connectivity index (χ1n) is 6.50. The minimum Gasteiger partial charge on any atom is -0.380 e. The highest BCUT2D eigenvalue weighted by Crippen LogP contribution is 2.23. The number of non-ortho nitro benzene ring substituents is 1. The molecule has 0 aliphatic heterocycles. The van der Waals surface area contributed by atoms with Crippen LogP contribution < -0.4 is 5.32 Å². The second-order valence-corrected chi connectivity index (χ2v) is 4.82. The fourth-order valence-corrected chi connectivity index (χ4v) is 2.20. The Morgan fingerprint density at radius 2 is 1.90 bits per heavy atom. The summed E-state index contributed by atoms with van der Waals surface area (Å²) < 4.78 is 0. The molecule has 0 saturated heterocycles. The van der Waals surface area contributed by atoms with Gasteiger partial charge in [0.15, 0.2) is 0 Å². The molecular formula is C16H15N3O2. The Balaban J connectivity index is 2.25. The van der Waals surface area contributed by atoms with E-state index in [2.05, 4.69) is 5.32 Å². The van der Waals surface area contributed by atoms with Gasteiger partial charge in [-0.05, 0) is 36.6 Å². The summed E-state index contributed by atoms with van der Waals surface area (Å²) in [5, 5.41) is 23.0. The fourth-order valence-electron chi connectivity index (χ4n) is 2.20. The quantitative estimate of drug-likeness (QED) is 0.684. The predicted molar refractivity (Wildman–Crippen MR) is 81.1 cm³/mol. The predicted octanol–water partition coefficient (Wildman–Crippen LogP) is 3.70. The first-order valence-corrected chi connectivity index (χ1v) is 6.50. The normalized spacial score (nSPS) is 9.95. The van der Waals surface area contributed by atoms with E-state index in [0.29, 0.717) is 12.2 Å². The Morgan fingerprint density at radius 3 is 2.48 bits per heavy atom. The lowest BCUT2D eigenvalue weighted by Gasteiger charge is -2.12. The van der Waals surface area contributed by atoms with E-state index >= 15 is 0 Å². The molecule has 2 aromatic carbocycles. The molecule has 0 amide bonds. The van der Waals surface area contributed by atoms with Crippen LogP contribution in [0.5, 0.6) is 0 Å². The van der Waals surface area contributed by atoms with Gasteiger partial charge in [-0.1, -0.05) is 18.2 Å². The van der Waals surface area contributed by atoms with E-state index in [0.717, 1.165) is 0 Å². The standard InChI is InChI=1S/C16H15N3O2/c1-11-4-3-5-12(2)15(11)10-18-16-7-6-14(19(20)21)8-13(16)9-17/h3-8,18H,10H2,1-2H3. The fraction of sp³-hybridized carbons (Fsp3) is 0.188. The van der Waals surface area contributed by atoms with Crippen molar-refractivity contribution in [2.45, 2.75) is 20.4 Å². The molecule has 0 fully saturated rings. The first kappa shape index (κ1) is 14.5. The maximum absolute atomic E-state index is 10.7. The highest BCUT2D eigenvalue weighted by Gasteiger charge is 2.11. The molecule has 21 heavy (non-hydrogen) atoms. The molecule has 0 bridgehead atoms. The zero-order valence-electron chi connectivity index (χ0n) is 11.9. The lowest BCUT2D eigenvalue weighted by molar-refractivity contribution is -0.384. The van der Waals surface area contributed by atoms with Crippen LogP contribution in [-0.4, -0.2) is 4.92 Å². The number of aryl methyl sites for hydroxylation is 2. The van der Waals surface area contributed by atoms with Crippen molar-refractivity contribution in [1.29, 1.82) is 5.26 Å². The molecule has 0 heterocycles. The minimum atomic E-state index is -0.504. The van der Waals surface area contributed by atoms with Crippen molar-refractivity contribution in [3.8, 4) is 6.07 Å². The molecule has 0 aliphatic carbocycles. The third kappa shape index (κ3) is 3.18. The second kappa shape index (κ2) is 6.06. The van der Waals surface area contributed by atoms with Gasteiger partial charge in [-0.3, -0.25) is 10.1 Å². The van der Waals surface area contributed by atoms with Crippen LogP contribution >= 0.6 is 0 Å². The van der Waals surface area contributed by atoms with Crippen LogP contribution in [0.25, 0.3) is 0 Å². The largest absolute Gasteiger partial charge is 0.380 e. The van der Waals surface area contributed by atoms with Gasteiger partial charge in [-0.2, -0.15) is 5.26 Å². The van der Waals surface area contributed by atoms with Crippen LogP contribution in [0.1, 0.15) is 22.3 Å². The number of nitro groups is 1. The van der Waals surface area contributed by atoms with Gasteiger partial charge in [0.25, 0.3) is 5.69 Å². The number of nitrogens with zero attached hydrogens (tertiary/aromatic N) is 2. The van der Waals surface area contributed by atoms with Gasteiger partial charge in [0, 0.05) is 18.7 Å². The van der Waals surface area contributed by atoms with E-state index in [1.54, 1.807) is 6.07 Å². The van der Waals surface area contributed by atoms with Crippen LogP contribution in [0, 0.1) is 35.3 Å². The summed E-state index contributed by atoms with van der Waals surface area (Å²) in [6, 6.07) is 12.3. The summed E-state index contributed by atoms with van der Waals surface area (Å²) in [6.45, 7) is 4.64. The Kier molecular flexibility index (Phi) is 4.19. The topological polar surface area (TPSA) is 79.0 Å². The summed E-state index contributed by atoms with van der Waals surface area (Å²) in [5.74, 6) is 0. The zero-order valence-corrected chi connectivity index (χ0v) is 11.9. The van der Waals surface area contributed by atoms with Gasteiger partial charge < -0.3 is 5.32 Å². The Labute approximate surface area is 123 Å². The van der Waals surface area contributed by atoms with Crippen molar-refractivity contribution in [2.75, 3.05) is 5.32 Å². The molecule has 0 saturated carbocycles. The number of nitrogens with one attached hydrogen (secondary N) is 1. The molecule has 0 aliphatic rings. The molecule has 0 spiro atoms. The zero-order chi connectivity index (χ0) is 15.4. The monoisotopic (exact) mass is 281 g/mol. The lowest BCUT2D eigenvalue weighted by Crippen LogP contribution is -2.05. The highest BCUT2D eigenvalue weighted by molar-refractivity contribution is 5.61. The SMILES string of the molecule is Cc1cccc(C)c1CNc1ccc([N+](=O)[O-])cc1C#N. The maximum Gasteiger partial charge on any atom is 0.270 e. The van der Waals surface area contributed by atoms with E-state index in [1.165, 1.54) is 28.8 Å². The smallest absolute Gasteiger partial charge is 0.270 e. The number of nitro benzene ring substituents is 1. The summed E-state index contributed by atoms with van der Waals surface area (Å²) in [6.07, 6.45) is 0. The van der Waals surface area contributed by atoms with Crippen LogP contribution in [0.2, 0.25) is 0 Å². The van der Waals surface area contributed by atoms with Gasteiger partial charge in [-0.15, -0.1) is 0 Å². The van der Waals surface area contributed by atoms with Gasteiger partial charge in [0.05, 0.1) is 16.2 Å². The molecule has 106 valence electrons. The molecule has 2 rings (SSSR count). The molecule has 0 unspecified atom stereocenters. The molecule has 0 atom stereocenters. The summed E-state index contributed by atoms with van der Waals surface area (Å²) >= 11 is 0. The van der Waals surface area contributed by atoms with Gasteiger partial charge in [0.1, 0.15) is 6.07 Å². The van der Waals surface area contributed by atoms with Crippen molar-refractivity contribution in [3.05, 3.63) is 68.8 Å². The average Bonchev–Trinajstić information content (AvgIpc) is 2.46. The average molecular weight is 281 g/mol. The second-order valence-electron chi connectivity index (χ2n) is 4.82. The van der Waals surface area contributed by atoms with Crippen molar-refractivity contribution >= 4 is 11.4 Å². The first-order chi connectivity index (χ1) is 10.0. The van der Waals surface area contributed by atoms with E-state index in [1.807, 2.05) is 38.1 Å². The van der Waals surface area contributed by atoms with Crippen molar-refractivity contribution < 1.29 is 4.92 Å². The Hall–Kier alpha value is -2.87. The third-order valence-corrected chi connectivity index (χ3v) is 3.43. The van der Waals surface area contributed by atoms with Crippen LogP contribution in [0.15, 0.2) is 36.4 Å². The lowest BCUT2D eigenvalue weighted by atomic mass is 10.0. The van der Waals surface area contributed by atoms with Crippen molar-refractivity contribution in [1.82, 2.24) is 0 Å². The van der Waals surface area contributed by atoms with Gasteiger partial charge >= 0.3 is 0 Å². The number of benzene rings is 2. The van der Waals surface area contributed by atoms with E-state index in [-0.39, 0.29) is 11.3 Å². The molecular weight excluding hydrogens is 266 g/mol. The Bertz CT molecular complexity index is 713. The van der Waals surface area contributed by atoms with Crippen LogP contribution in [0.3, 0.4) is 0 Å². The van der Waals surface area contributed by atoms with Gasteiger partial charge in [0.2, 0.25) is 0 Å². The van der Waals surface area contributed by atoms with Crippen LogP contribution in [0.4, 0.5) is 11.4 Å². The molecule has 0 radical (unpaired) electrons. The highest BCUT2D eigenvalue weighted by atomic mass is 16.6. The maximum atomic E-state index is 10.7. The number of rotatable bonds is 4. The third-order valence-electron chi connectivity index (χ3n) is 3.43. The van der Waals surface area contributed by atoms with E-state index < -0.39 is 4.92 Å². The van der Waals surface area contributed by atoms with E-state index in [9.17, 15) is 10.1 Å². The summed E-state index contributed by atoms with van der Waals surface area (Å²) in [4.78, 5) is 10.2. The van der Waals surface area contributed by atoms with Crippen molar-refractivity contribution in [2.24, 2.45) is 0 Å². The number of hydrogen-bond acceptors (Lipinski definition) is 4. The molecule has 1 N–H and O–H groups in total. The summed E-state index contributed by atoms with van der Waals surface area (Å²) in [5.41, 5.74) is 4.30. The molecule has 0 aromatic heterocycles.